The van der Waals surface area contributed by atoms with Gasteiger partial charge in [0.2, 0.25) is 0 Å². The second kappa shape index (κ2) is 4.90. The Morgan fingerprint density at radius 2 is 1.85 bits per heavy atom. The van der Waals surface area contributed by atoms with Crippen LogP contribution in [0.1, 0.15) is 25.5 Å². The van der Waals surface area contributed by atoms with Crippen LogP contribution in [0.3, 0.4) is 0 Å². The second-order valence-corrected chi connectivity index (χ2v) is 5.25. The molecule has 6 nitrogen and oxygen atoms in total. The molecule has 2 atom stereocenters. The van der Waals surface area contributed by atoms with Crippen LogP contribution in [-0.2, 0) is 0 Å². The minimum Gasteiger partial charge on any atom is -0.508 e. The van der Waals surface area contributed by atoms with Gasteiger partial charge in [-0.25, -0.2) is 4.79 Å². The van der Waals surface area contributed by atoms with Gasteiger partial charge >= 0.3 is 5.63 Å². The number of phenolic OH excluding ortho intramolecular Hbond substituents is 1. The number of hydrogen-bond donors (Lipinski definition) is 4. The van der Waals surface area contributed by atoms with E-state index in [1.807, 2.05) is 0 Å². The van der Waals surface area contributed by atoms with Gasteiger partial charge in [0.1, 0.15) is 23.5 Å². The number of hydrogen-bond acceptors (Lipinski definition) is 6. The monoisotopic (exact) mass is 280 g/mol. The van der Waals surface area contributed by atoms with Crippen molar-refractivity contribution in [2.24, 2.45) is 0 Å². The van der Waals surface area contributed by atoms with Crippen LogP contribution in [0.2, 0.25) is 0 Å². The van der Waals surface area contributed by atoms with Crippen molar-refractivity contribution in [3.63, 3.8) is 0 Å². The summed E-state index contributed by atoms with van der Waals surface area (Å²) in [5, 5.41) is 39.3. The van der Waals surface area contributed by atoms with E-state index in [1.54, 1.807) is 0 Å². The molecule has 1 heterocycles. The van der Waals surface area contributed by atoms with E-state index in [0.717, 1.165) is 0 Å². The van der Waals surface area contributed by atoms with E-state index in [4.69, 9.17) is 4.42 Å². The third-order valence-electron chi connectivity index (χ3n) is 3.09. The molecule has 0 aliphatic carbocycles. The summed E-state index contributed by atoms with van der Waals surface area (Å²) >= 11 is 0. The van der Waals surface area contributed by atoms with Crippen LogP contribution in [-0.4, -0.2) is 32.1 Å². The minimum absolute atomic E-state index is 0.0505. The van der Waals surface area contributed by atoms with Gasteiger partial charge in [0.05, 0.1) is 11.2 Å². The van der Waals surface area contributed by atoms with Crippen molar-refractivity contribution >= 4 is 11.0 Å². The molecule has 108 valence electrons. The summed E-state index contributed by atoms with van der Waals surface area (Å²) < 4.78 is 4.99. The highest BCUT2D eigenvalue weighted by Crippen LogP contribution is 2.26. The van der Waals surface area contributed by atoms with Gasteiger partial charge in [0.15, 0.2) is 0 Å². The molecule has 1 aromatic heterocycles. The molecule has 4 N–H and O–H groups in total. The molecule has 0 bridgehead atoms. The molecular formula is C14H16O6. The first-order valence-electron chi connectivity index (χ1n) is 6.05. The molecule has 0 aliphatic rings. The molecule has 0 saturated carbocycles. The van der Waals surface area contributed by atoms with E-state index < -0.39 is 23.4 Å². The number of fused-ring (bicyclic) bond motifs is 1. The number of aliphatic hydroxyl groups excluding tert-OH is 2. The molecule has 20 heavy (non-hydrogen) atoms. The van der Waals surface area contributed by atoms with Gasteiger partial charge in [0, 0.05) is 11.5 Å². The molecule has 0 spiro atoms. The zero-order valence-corrected chi connectivity index (χ0v) is 11.1. The fourth-order valence-electron chi connectivity index (χ4n) is 1.88. The Labute approximate surface area is 114 Å². The highest BCUT2D eigenvalue weighted by molar-refractivity contribution is 5.78. The molecule has 0 aliphatic heterocycles. The van der Waals surface area contributed by atoms with Crippen molar-refractivity contribution in [1.29, 1.82) is 0 Å². The summed E-state index contributed by atoms with van der Waals surface area (Å²) in [7, 11) is 0. The molecule has 2 aromatic rings. The predicted octanol–water partition coefficient (Wildman–Crippen LogP) is 0.664. The second-order valence-electron chi connectivity index (χ2n) is 5.25. The largest absolute Gasteiger partial charge is 0.508 e. The maximum absolute atomic E-state index is 11.8. The first-order valence-corrected chi connectivity index (χ1v) is 6.05. The van der Waals surface area contributed by atoms with Crippen molar-refractivity contribution in [3.05, 3.63) is 40.2 Å². The van der Waals surface area contributed by atoms with Crippen molar-refractivity contribution in [3.8, 4) is 5.75 Å². The van der Waals surface area contributed by atoms with Gasteiger partial charge < -0.3 is 24.8 Å². The zero-order valence-electron chi connectivity index (χ0n) is 11.1. The zero-order chi connectivity index (χ0) is 15.1. The summed E-state index contributed by atoms with van der Waals surface area (Å²) in [4.78, 5) is 11.8. The number of rotatable bonds is 3. The Kier molecular flexibility index (Phi) is 3.56. The number of phenols is 1. The third-order valence-corrected chi connectivity index (χ3v) is 3.09. The number of benzene rings is 1. The van der Waals surface area contributed by atoms with Crippen molar-refractivity contribution in [2.45, 2.75) is 31.7 Å². The predicted molar refractivity (Wildman–Crippen MR) is 71.4 cm³/mol. The first-order chi connectivity index (χ1) is 9.20. The summed E-state index contributed by atoms with van der Waals surface area (Å²) in [6.45, 7) is 2.64. The van der Waals surface area contributed by atoms with E-state index in [0.29, 0.717) is 5.39 Å². The van der Waals surface area contributed by atoms with Crippen LogP contribution in [0.5, 0.6) is 5.75 Å². The average Bonchev–Trinajstić information content (AvgIpc) is 2.35. The lowest BCUT2D eigenvalue weighted by molar-refractivity contribution is -0.108. The summed E-state index contributed by atoms with van der Waals surface area (Å²) in [6.07, 6.45) is -3.12. The lowest BCUT2D eigenvalue weighted by Crippen LogP contribution is -2.41. The van der Waals surface area contributed by atoms with E-state index in [2.05, 4.69) is 0 Å². The van der Waals surface area contributed by atoms with Crippen molar-refractivity contribution in [1.82, 2.24) is 0 Å². The Hall–Kier alpha value is -1.89. The topological polar surface area (TPSA) is 111 Å². The Balaban J connectivity index is 2.52. The summed E-state index contributed by atoms with van der Waals surface area (Å²) in [5.41, 5.74) is -2.39. The maximum Gasteiger partial charge on any atom is 0.342 e. The Morgan fingerprint density at radius 3 is 2.45 bits per heavy atom. The van der Waals surface area contributed by atoms with Crippen LogP contribution in [0.15, 0.2) is 33.5 Å². The Morgan fingerprint density at radius 1 is 1.20 bits per heavy atom. The van der Waals surface area contributed by atoms with Gasteiger partial charge in [-0.15, -0.1) is 0 Å². The lowest BCUT2D eigenvalue weighted by atomic mass is 9.93. The van der Waals surface area contributed by atoms with Gasteiger partial charge in [-0.05, 0) is 32.0 Å². The number of aliphatic hydroxyl groups is 3. The van der Waals surface area contributed by atoms with Crippen LogP contribution in [0.4, 0.5) is 0 Å². The van der Waals surface area contributed by atoms with Gasteiger partial charge in [-0.3, -0.25) is 0 Å². The van der Waals surface area contributed by atoms with Crippen molar-refractivity contribution in [2.75, 3.05) is 0 Å². The van der Waals surface area contributed by atoms with Crippen LogP contribution in [0, 0.1) is 0 Å². The van der Waals surface area contributed by atoms with Crippen LogP contribution < -0.4 is 5.63 Å². The fraction of sp³-hybridized carbons (Fsp3) is 0.357. The average molecular weight is 280 g/mol. The lowest BCUT2D eigenvalue weighted by Gasteiger charge is -2.28. The molecule has 2 rings (SSSR count). The van der Waals surface area contributed by atoms with Crippen molar-refractivity contribution < 1.29 is 24.8 Å². The smallest absolute Gasteiger partial charge is 0.342 e. The van der Waals surface area contributed by atoms with E-state index >= 15 is 0 Å². The Bertz CT molecular complexity index is 682. The van der Waals surface area contributed by atoms with Crippen LogP contribution in [0.25, 0.3) is 11.0 Å². The SMILES string of the molecule is CC(C)(O)[C@@H](O)[C@@H](O)c1cc2ccc(O)cc2oc1=O. The quantitative estimate of drug-likeness (QED) is 0.615. The molecule has 1 aromatic carbocycles. The molecule has 0 fully saturated rings. The fourth-order valence-corrected chi connectivity index (χ4v) is 1.88. The normalized spacial score (nSPS) is 15.2. The third kappa shape index (κ3) is 2.67. The maximum atomic E-state index is 11.8. The summed E-state index contributed by atoms with van der Waals surface area (Å²) in [5.74, 6) is -0.0505. The van der Waals surface area contributed by atoms with Gasteiger partial charge in [-0.2, -0.15) is 0 Å². The molecule has 0 saturated heterocycles. The number of aromatic hydroxyl groups is 1. The highest BCUT2D eigenvalue weighted by Gasteiger charge is 2.34. The minimum atomic E-state index is -1.58. The standard InChI is InChI=1S/C14H16O6/c1-14(2,19)12(17)11(16)9-5-7-3-4-8(15)6-10(7)20-13(9)18/h3-6,11-12,15-17,19H,1-2H3/t11-,12-/m0/s1. The van der Waals surface area contributed by atoms with E-state index in [9.17, 15) is 25.2 Å². The highest BCUT2D eigenvalue weighted by atomic mass is 16.4. The van der Waals surface area contributed by atoms with E-state index in [1.165, 1.54) is 38.1 Å². The molecule has 0 radical (unpaired) electrons. The summed E-state index contributed by atoms with van der Waals surface area (Å²) in [6, 6.07) is 5.56. The first kappa shape index (κ1) is 14.5. The van der Waals surface area contributed by atoms with E-state index in [-0.39, 0.29) is 16.9 Å². The molecule has 6 heteroatoms. The molecule has 0 amide bonds. The molecular weight excluding hydrogens is 264 g/mol. The van der Waals surface area contributed by atoms with Gasteiger partial charge in [-0.1, -0.05) is 0 Å². The van der Waals surface area contributed by atoms with Gasteiger partial charge in [0.25, 0.3) is 0 Å². The molecule has 0 unspecified atom stereocenters. The van der Waals surface area contributed by atoms with Crippen LogP contribution >= 0.6 is 0 Å².